The fourth-order valence-electron chi connectivity index (χ4n) is 2.88. The fourth-order valence-corrected chi connectivity index (χ4v) is 2.88. The minimum absolute atomic E-state index is 0.318. The van der Waals surface area contributed by atoms with Crippen LogP contribution in [0.4, 0.5) is 11.5 Å². The average Bonchev–Trinajstić information content (AvgIpc) is 2.94. The molecule has 0 bridgehead atoms. The summed E-state index contributed by atoms with van der Waals surface area (Å²) in [5.41, 5.74) is 15.3. The number of rotatable bonds is 3. The third-order valence-electron chi connectivity index (χ3n) is 4.42. The van der Waals surface area contributed by atoms with Crippen molar-refractivity contribution in [3.05, 3.63) is 36.8 Å². The second-order valence-electron chi connectivity index (χ2n) is 7.67. The first-order valence-electron chi connectivity index (χ1n) is 9.09. The van der Waals surface area contributed by atoms with Crippen LogP contribution in [0, 0.1) is 0 Å². The van der Waals surface area contributed by atoms with E-state index in [2.05, 4.69) is 30.8 Å². The van der Waals surface area contributed by atoms with E-state index < -0.39 is 0 Å². The second kappa shape index (κ2) is 7.85. The summed E-state index contributed by atoms with van der Waals surface area (Å²) in [6, 6.07) is 8.21. The van der Waals surface area contributed by atoms with Crippen LogP contribution in [0.3, 0.4) is 0 Å². The predicted octanol–water partition coefficient (Wildman–Crippen LogP) is 2.36. The normalized spacial score (nSPS) is 14.1. The van der Waals surface area contributed by atoms with Crippen LogP contribution in [0.25, 0.3) is 22.2 Å². The van der Waals surface area contributed by atoms with Crippen molar-refractivity contribution in [2.45, 2.75) is 32.4 Å². The van der Waals surface area contributed by atoms with Crippen LogP contribution in [0.1, 0.15) is 26.8 Å². The Morgan fingerprint density at radius 3 is 2.36 bits per heavy atom. The summed E-state index contributed by atoms with van der Waals surface area (Å²) in [4.78, 5) is 18.2. The van der Waals surface area contributed by atoms with Crippen molar-refractivity contribution in [3.8, 4) is 11.1 Å². The van der Waals surface area contributed by atoms with Crippen molar-refractivity contribution < 1.29 is 9.53 Å². The first kappa shape index (κ1) is 19.6. The molecular weight excluding hydrogens is 356 g/mol. The third kappa shape index (κ3) is 4.23. The summed E-state index contributed by atoms with van der Waals surface area (Å²) in [5, 5.41) is 4.19. The number of hydrogen-bond acceptors (Lipinski definition) is 7. The van der Waals surface area contributed by atoms with Gasteiger partial charge in [-0.25, -0.2) is 9.97 Å². The van der Waals surface area contributed by atoms with Crippen molar-refractivity contribution >= 4 is 29.0 Å². The number of nitrogens with two attached hydrogens (primary N) is 2. The van der Waals surface area contributed by atoms with E-state index in [1.165, 1.54) is 6.33 Å². The smallest absolute Gasteiger partial charge is 0.293 e. The van der Waals surface area contributed by atoms with Crippen LogP contribution in [-0.2, 0) is 9.53 Å². The van der Waals surface area contributed by atoms with E-state index in [1.807, 2.05) is 45.0 Å². The largest absolute Gasteiger partial charge is 0.462 e. The van der Waals surface area contributed by atoms with Gasteiger partial charge in [0.05, 0.1) is 11.4 Å². The number of nitrogens with one attached hydrogen (secondary N) is 1. The lowest BCUT2D eigenvalue weighted by atomic mass is 10.1. The Bertz CT molecular complexity index is 955. The number of ether oxygens (including phenoxy) is 1. The Morgan fingerprint density at radius 2 is 1.86 bits per heavy atom. The van der Waals surface area contributed by atoms with Crippen LogP contribution in [0.15, 0.2) is 36.8 Å². The molecule has 0 atom stereocenters. The maximum Gasteiger partial charge on any atom is 0.293 e. The Morgan fingerprint density at radius 1 is 1.18 bits per heavy atom. The van der Waals surface area contributed by atoms with Crippen molar-refractivity contribution in [1.82, 2.24) is 19.9 Å². The zero-order valence-corrected chi connectivity index (χ0v) is 16.3. The number of fused-ring (bicyclic) bond motifs is 1. The highest BCUT2D eigenvalue weighted by molar-refractivity contribution is 6.00. The molecule has 0 unspecified atom stereocenters. The highest BCUT2D eigenvalue weighted by Crippen LogP contribution is 2.35. The molecule has 1 fully saturated rings. The maximum atomic E-state index is 9.60. The van der Waals surface area contributed by atoms with Gasteiger partial charge in [0.2, 0.25) is 0 Å². The zero-order chi connectivity index (χ0) is 20.3. The van der Waals surface area contributed by atoms with Gasteiger partial charge in [0, 0.05) is 30.5 Å². The SMILES string of the molecule is CC(C)(C)OC=O.Nc1ccc(-c2cn(C3CNC3)c3ncnc(N)c23)cc1. The van der Waals surface area contributed by atoms with Crippen molar-refractivity contribution in [2.75, 3.05) is 24.6 Å². The number of nitrogen functional groups attached to an aromatic ring is 2. The van der Waals surface area contributed by atoms with Crippen molar-refractivity contribution in [3.63, 3.8) is 0 Å². The number of hydrogen-bond donors (Lipinski definition) is 3. The van der Waals surface area contributed by atoms with Gasteiger partial charge in [0.15, 0.2) is 0 Å². The van der Waals surface area contributed by atoms with Gasteiger partial charge in [0.25, 0.3) is 6.47 Å². The van der Waals surface area contributed by atoms with Crippen molar-refractivity contribution in [1.29, 1.82) is 0 Å². The summed E-state index contributed by atoms with van der Waals surface area (Å²) >= 11 is 0. The van der Waals surface area contributed by atoms with E-state index in [9.17, 15) is 4.79 Å². The monoisotopic (exact) mass is 382 g/mol. The Hall–Kier alpha value is -3.13. The topological polar surface area (TPSA) is 121 Å². The summed E-state index contributed by atoms with van der Waals surface area (Å²) in [6.07, 6.45) is 3.64. The molecule has 8 heteroatoms. The first-order valence-corrected chi connectivity index (χ1v) is 9.09. The van der Waals surface area contributed by atoms with Gasteiger partial charge in [-0.3, -0.25) is 4.79 Å². The van der Waals surface area contributed by atoms with Crippen LogP contribution in [0.2, 0.25) is 0 Å². The van der Waals surface area contributed by atoms with Crippen molar-refractivity contribution in [2.24, 2.45) is 0 Å². The predicted molar refractivity (Wildman–Crippen MR) is 111 cm³/mol. The number of carbonyl (C=O) groups excluding carboxylic acids is 1. The number of carbonyl (C=O) groups is 1. The summed E-state index contributed by atoms with van der Waals surface area (Å²) in [6.45, 7) is 7.83. The molecule has 0 spiro atoms. The van der Waals surface area contributed by atoms with Gasteiger partial charge in [0.1, 0.15) is 23.4 Å². The van der Waals surface area contributed by atoms with Gasteiger partial charge in [-0.05, 0) is 38.5 Å². The van der Waals surface area contributed by atoms with Gasteiger partial charge in [-0.2, -0.15) is 0 Å². The molecule has 0 saturated carbocycles. The molecule has 1 aliphatic heterocycles. The zero-order valence-electron chi connectivity index (χ0n) is 16.3. The summed E-state index contributed by atoms with van der Waals surface area (Å²) in [5.74, 6) is 0.512. The van der Waals surface area contributed by atoms with Crippen LogP contribution >= 0.6 is 0 Å². The lowest BCUT2D eigenvalue weighted by molar-refractivity contribution is -0.138. The Balaban J connectivity index is 0.000000279. The second-order valence-corrected chi connectivity index (χ2v) is 7.67. The highest BCUT2D eigenvalue weighted by Gasteiger charge is 2.24. The molecule has 1 aliphatic rings. The molecule has 1 saturated heterocycles. The fraction of sp³-hybridized carbons (Fsp3) is 0.350. The van der Waals surface area contributed by atoms with Gasteiger partial charge < -0.3 is 26.1 Å². The molecule has 0 amide bonds. The summed E-state index contributed by atoms with van der Waals surface area (Å²) in [7, 11) is 0. The van der Waals surface area contributed by atoms with Gasteiger partial charge >= 0.3 is 0 Å². The van der Waals surface area contributed by atoms with Crippen LogP contribution < -0.4 is 16.8 Å². The number of aromatic nitrogens is 3. The first-order chi connectivity index (χ1) is 13.3. The summed E-state index contributed by atoms with van der Waals surface area (Å²) < 4.78 is 6.74. The van der Waals surface area contributed by atoms with Crippen LogP contribution in [0.5, 0.6) is 0 Å². The van der Waals surface area contributed by atoms with E-state index in [1.54, 1.807) is 0 Å². The Kier molecular flexibility index (Phi) is 5.51. The lowest BCUT2D eigenvalue weighted by Crippen LogP contribution is -2.43. The average molecular weight is 382 g/mol. The number of anilines is 2. The standard InChI is InChI=1S/C15H16N6.C5H10O2/c16-10-3-1-9(2-4-10)12-7-21(11-5-18-6-11)15-13(12)14(17)19-8-20-15;1-5(2,3)7-4-6/h1-4,7-8,11,18H,5-6,16H2,(H2,17,19,20);4H,1-3H3. The molecule has 5 N–H and O–H groups in total. The lowest BCUT2D eigenvalue weighted by Gasteiger charge is -2.28. The molecule has 0 radical (unpaired) electrons. The molecule has 3 heterocycles. The third-order valence-corrected chi connectivity index (χ3v) is 4.42. The van der Waals surface area contributed by atoms with Crippen LogP contribution in [-0.4, -0.2) is 39.7 Å². The molecule has 0 aliphatic carbocycles. The molecule has 4 rings (SSSR count). The van der Waals surface area contributed by atoms with Gasteiger partial charge in [-0.15, -0.1) is 0 Å². The molecule has 1 aromatic carbocycles. The molecule has 148 valence electrons. The minimum atomic E-state index is -0.318. The van der Waals surface area contributed by atoms with E-state index in [4.69, 9.17) is 11.5 Å². The Labute approximate surface area is 163 Å². The minimum Gasteiger partial charge on any atom is -0.462 e. The number of nitrogens with zero attached hydrogens (tertiary/aromatic N) is 3. The maximum absolute atomic E-state index is 9.60. The van der Waals surface area contributed by atoms with Gasteiger partial charge in [-0.1, -0.05) is 12.1 Å². The number of benzene rings is 1. The van der Waals surface area contributed by atoms with E-state index in [0.717, 1.165) is 40.9 Å². The van der Waals surface area contributed by atoms with E-state index in [-0.39, 0.29) is 5.60 Å². The van der Waals surface area contributed by atoms with E-state index in [0.29, 0.717) is 18.3 Å². The molecule has 2 aromatic heterocycles. The molecular formula is C20H26N6O2. The highest BCUT2D eigenvalue weighted by atomic mass is 16.5. The molecule has 3 aromatic rings. The molecule has 28 heavy (non-hydrogen) atoms. The van der Waals surface area contributed by atoms with E-state index >= 15 is 0 Å². The quantitative estimate of drug-likeness (QED) is 0.469. The molecule has 8 nitrogen and oxygen atoms in total.